The van der Waals surface area contributed by atoms with Crippen molar-refractivity contribution in [2.75, 3.05) is 39.8 Å². The van der Waals surface area contributed by atoms with Crippen molar-refractivity contribution in [2.24, 2.45) is 10.9 Å². The number of piperidine rings is 1. The molecule has 24 heavy (non-hydrogen) atoms. The summed E-state index contributed by atoms with van der Waals surface area (Å²) in [6.07, 6.45) is 2.64. The lowest BCUT2D eigenvalue weighted by atomic mass is 9.99. The fourth-order valence-electron chi connectivity index (χ4n) is 2.96. The highest BCUT2D eigenvalue weighted by molar-refractivity contribution is 5.79. The Kier molecular flexibility index (Phi) is 7.89. The molecule has 1 aliphatic heterocycles. The number of nitrogens with one attached hydrogen (secondary N) is 2. The van der Waals surface area contributed by atoms with Gasteiger partial charge in [-0.15, -0.1) is 0 Å². The fraction of sp³-hybridized carbons (Fsp3) is 0.632. The van der Waals surface area contributed by atoms with E-state index in [9.17, 15) is 0 Å². The van der Waals surface area contributed by atoms with Gasteiger partial charge >= 0.3 is 0 Å². The van der Waals surface area contributed by atoms with E-state index < -0.39 is 0 Å². The van der Waals surface area contributed by atoms with Crippen molar-refractivity contribution in [1.82, 2.24) is 15.5 Å². The number of para-hydroxylation sites is 1. The molecule has 0 bridgehead atoms. The van der Waals surface area contributed by atoms with Crippen molar-refractivity contribution < 1.29 is 4.74 Å². The van der Waals surface area contributed by atoms with Crippen molar-refractivity contribution >= 4 is 5.96 Å². The normalized spacial score (nSPS) is 16.9. The number of hydrogen-bond acceptors (Lipinski definition) is 3. The molecule has 134 valence electrons. The predicted molar refractivity (Wildman–Crippen MR) is 101 cm³/mol. The second-order valence-corrected chi connectivity index (χ2v) is 6.42. The van der Waals surface area contributed by atoms with Crippen LogP contribution in [0.3, 0.4) is 0 Å². The van der Waals surface area contributed by atoms with Gasteiger partial charge in [0.15, 0.2) is 5.96 Å². The Labute approximate surface area is 146 Å². The van der Waals surface area contributed by atoms with E-state index in [-0.39, 0.29) is 0 Å². The maximum absolute atomic E-state index is 5.67. The molecular formula is C19H32N4O. The van der Waals surface area contributed by atoms with E-state index in [2.05, 4.69) is 33.5 Å². The highest BCUT2D eigenvalue weighted by Crippen LogP contribution is 2.17. The molecule has 1 heterocycles. The summed E-state index contributed by atoms with van der Waals surface area (Å²) in [6, 6.07) is 8.13. The Morgan fingerprint density at radius 2 is 2.00 bits per heavy atom. The van der Waals surface area contributed by atoms with Crippen LogP contribution in [-0.2, 0) is 6.54 Å². The van der Waals surface area contributed by atoms with E-state index >= 15 is 0 Å². The summed E-state index contributed by atoms with van der Waals surface area (Å²) in [5, 5.41) is 6.78. The SMILES string of the molecule is CCOc1ccccc1CNC(=NC)NCCN1CCC(C)CC1. The number of benzene rings is 1. The number of hydrogen-bond donors (Lipinski definition) is 2. The third-order valence-electron chi connectivity index (χ3n) is 4.54. The van der Waals surface area contributed by atoms with E-state index in [0.717, 1.165) is 36.3 Å². The standard InChI is InChI=1S/C19H32N4O/c1-4-24-18-8-6-5-7-17(18)15-22-19(20-3)21-11-14-23-12-9-16(2)10-13-23/h5-8,16H,4,9-15H2,1-3H3,(H2,20,21,22). The Bertz CT molecular complexity index is 510. The number of ether oxygens (including phenoxy) is 1. The van der Waals surface area contributed by atoms with Gasteiger partial charge in [-0.2, -0.15) is 0 Å². The lowest BCUT2D eigenvalue weighted by Crippen LogP contribution is -2.43. The van der Waals surface area contributed by atoms with Crippen LogP contribution in [0.5, 0.6) is 5.75 Å². The van der Waals surface area contributed by atoms with Crippen LogP contribution < -0.4 is 15.4 Å². The monoisotopic (exact) mass is 332 g/mol. The molecule has 0 radical (unpaired) electrons. The molecule has 0 aliphatic carbocycles. The summed E-state index contributed by atoms with van der Waals surface area (Å²) in [5.41, 5.74) is 1.15. The van der Waals surface area contributed by atoms with Gasteiger partial charge in [0.05, 0.1) is 6.61 Å². The summed E-state index contributed by atoms with van der Waals surface area (Å²) in [5.74, 6) is 2.66. The third kappa shape index (κ3) is 6.04. The molecule has 0 atom stereocenters. The summed E-state index contributed by atoms with van der Waals surface area (Å²) in [6.45, 7) is 10.2. The highest BCUT2D eigenvalue weighted by atomic mass is 16.5. The van der Waals surface area contributed by atoms with E-state index in [4.69, 9.17) is 4.74 Å². The molecule has 0 aromatic heterocycles. The van der Waals surface area contributed by atoms with E-state index in [1.807, 2.05) is 32.2 Å². The maximum atomic E-state index is 5.67. The Balaban J connectivity index is 1.73. The van der Waals surface area contributed by atoms with Gasteiger partial charge in [-0.05, 0) is 44.8 Å². The lowest BCUT2D eigenvalue weighted by molar-refractivity contribution is 0.195. The number of likely N-dealkylation sites (tertiary alicyclic amines) is 1. The van der Waals surface area contributed by atoms with Gasteiger partial charge in [0.1, 0.15) is 5.75 Å². The second kappa shape index (κ2) is 10.2. The molecule has 0 unspecified atom stereocenters. The molecule has 0 amide bonds. The minimum Gasteiger partial charge on any atom is -0.494 e. The van der Waals surface area contributed by atoms with E-state index in [1.54, 1.807) is 0 Å². The molecule has 5 nitrogen and oxygen atoms in total. The van der Waals surface area contributed by atoms with Gasteiger partial charge in [0.2, 0.25) is 0 Å². The van der Waals surface area contributed by atoms with Crippen molar-refractivity contribution in [3.05, 3.63) is 29.8 Å². The zero-order valence-corrected chi connectivity index (χ0v) is 15.3. The summed E-state index contributed by atoms with van der Waals surface area (Å²) in [7, 11) is 1.81. The molecule has 2 N–H and O–H groups in total. The van der Waals surface area contributed by atoms with Crippen molar-refractivity contribution in [1.29, 1.82) is 0 Å². The van der Waals surface area contributed by atoms with Crippen LogP contribution in [0.25, 0.3) is 0 Å². The van der Waals surface area contributed by atoms with Crippen LogP contribution in [0.1, 0.15) is 32.3 Å². The molecule has 1 fully saturated rings. The molecule has 5 heteroatoms. The predicted octanol–water partition coefficient (Wildman–Crippen LogP) is 2.48. The Morgan fingerprint density at radius 1 is 1.25 bits per heavy atom. The van der Waals surface area contributed by atoms with Gasteiger partial charge < -0.3 is 20.3 Å². The van der Waals surface area contributed by atoms with Crippen LogP contribution in [0, 0.1) is 5.92 Å². The van der Waals surface area contributed by atoms with Crippen LogP contribution in [0.4, 0.5) is 0 Å². The first-order valence-corrected chi connectivity index (χ1v) is 9.10. The molecule has 1 aromatic carbocycles. The van der Waals surface area contributed by atoms with Gasteiger partial charge in [-0.25, -0.2) is 0 Å². The summed E-state index contributed by atoms with van der Waals surface area (Å²) >= 11 is 0. The van der Waals surface area contributed by atoms with Crippen molar-refractivity contribution in [2.45, 2.75) is 33.2 Å². The van der Waals surface area contributed by atoms with Gasteiger partial charge in [-0.1, -0.05) is 25.1 Å². The molecule has 0 spiro atoms. The molecule has 1 aliphatic rings. The van der Waals surface area contributed by atoms with Gasteiger partial charge in [0.25, 0.3) is 0 Å². The van der Waals surface area contributed by atoms with E-state index in [1.165, 1.54) is 25.9 Å². The Hall–Kier alpha value is -1.75. The van der Waals surface area contributed by atoms with Crippen LogP contribution in [-0.4, -0.2) is 50.7 Å². The minimum absolute atomic E-state index is 0.679. The Morgan fingerprint density at radius 3 is 2.71 bits per heavy atom. The number of nitrogens with zero attached hydrogens (tertiary/aromatic N) is 2. The van der Waals surface area contributed by atoms with Crippen LogP contribution in [0.2, 0.25) is 0 Å². The smallest absolute Gasteiger partial charge is 0.191 e. The number of rotatable bonds is 7. The third-order valence-corrected chi connectivity index (χ3v) is 4.54. The first-order valence-electron chi connectivity index (χ1n) is 9.10. The number of guanidine groups is 1. The molecular weight excluding hydrogens is 300 g/mol. The van der Waals surface area contributed by atoms with Crippen molar-refractivity contribution in [3.63, 3.8) is 0 Å². The summed E-state index contributed by atoms with van der Waals surface area (Å²) < 4.78 is 5.67. The first-order chi connectivity index (χ1) is 11.7. The molecule has 1 aromatic rings. The fourth-order valence-corrected chi connectivity index (χ4v) is 2.96. The second-order valence-electron chi connectivity index (χ2n) is 6.42. The van der Waals surface area contributed by atoms with Gasteiger partial charge in [-0.3, -0.25) is 4.99 Å². The molecule has 2 rings (SSSR count). The molecule has 1 saturated heterocycles. The topological polar surface area (TPSA) is 48.9 Å². The zero-order valence-electron chi connectivity index (χ0n) is 15.3. The quantitative estimate of drug-likeness (QED) is 0.595. The number of aliphatic imine (C=N–C) groups is 1. The van der Waals surface area contributed by atoms with Gasteiger partial charge in [0, 0.05) is 32.2 Å². The van der Waals surface area contributed by atoms with E-state index in [0.29, 0.717) is 13.2 Å². The van der Waals surface area contributed by atoms with Crippen LogP contribution in [0.15, 0.2) is 29.3 Å². The highest BCUT2D eigenvalue weighted by Gasteiger charge is 2.14. The minimum atomic E-state index is 0.679. The zero-order chi connectivity index (χ0) is 17.2. The largest absolute Gasteiger partial charge is 0.494 e. The lowest BCUT2D eigenvalue weighted by Gasteiger charge is -2.30. The van der Waals surface area contributed by atoms with Crippen molar-refractivity contribution in [3.8, 4) is 5.75 Å². The van der Waals surface area contributed by atoms with Crippen LogP contribution >= 0.6 is 0 Å². The summed E-state index contributed by atoms with van der Waals surface area (Å²) in [4.78, 5) is 6.84. The molecule has 0 saturated carbocycles. The average molecular weight is 332 g/mol. The maximum Gasteiger partial charge on any atom is 0.191 e. The average Bonchev–Trinajstić information content (AvgIpc) is 2.61. The first kappa shape index (κ1) is 18.6.